The average molecular weight is 233 g/mol. The Morgan fingerprint density at radius 1 is 1.11 bits per heavy atom. The minimum Gasteiger partial charge on any atom is -0.383 e. The van der Waals surface area contributed by atoms with Crippen molar-refractivity contribution < 1.29 is 0 Å². The molecule has 1 aromatic heterocycles. The van der Waals surface area contributed by atoms with Crippen molar-refractivity contribution in [2.45, 2.75) is 6.54 Å². The van der Waals surface area contributed by atoms with Crippen molar-refractivity contribution in [3.8, 4) is 0 Å². The van der Waals surface area contributed by atoms with Crippen LogP contribution in [0.5, 0.6) is 0 Å². The van der Waals surface area contributed by atoms with Gasteiger partial charge in [0.1, 0.15) is 13.7 Å². The van der Waals surface area contributed by atoms with Crippen LogP contribution in [-0.4, -0.2) is 17.6 Å². The second-order valence-corrected chi connectivity index (χ2v) is 4.31. The maximum absolute atomic E-state index is 6.10. The molecule has 2 N–H and O–H groups in total. The van der Waals surface area contributed by atoms with E-state index in [0.717, 1.165) is 10.9 Å². The number of nitrogen functional groups attached to an aromatic ring is 1. The van der Waals surface area contributed by atoms with E-state index in [1.807, 2.05) is 36.4 Å². The van der Waals surface area contributed by atoms with Gasteiger partial charge in [-0.3, -0.25) is 0 Å². The highest BCUT2D eigenvalue weighted by atomic mass is 15.3. The molecule has 0 amide bonds. The molecule has 3 rings (SSSR count). The van der Waals surface area contributed by atoms with Gasteiger partial charge in [0.25, 0.3) is 0 Å². The number of nitrogens with zero attached hydrogens (tertiary/aromatic N) is 2. The quantitative estimate of drug-likeness (QED) is 0.681. The molecule has 0 saturated carbocycles. The molecule has 4 heteroatoms. The Labute approximate surface area is 107 Å². The molecule has 0 atom stereocenters. The Morgan fingerprint density at radius 3 is 2.67 bits per heavy atom. The van der Waals surface area contributed by atoms with Gasteiger partial charge < -0.3 is 5.73 Å². The number of rotatable bonds is 2. The molecule has 86 valence electrons. The minimum atomic E-state index is 0.668. The van der Waals surface area contributed by atoms with Gasteiger partial charge in [0, 0.05) is 5.39 Å². The lowest BCUT2D eigenvalue weighted by atomic mass is 9.95. The summed E-state index contributed by atoms with van der Waals surface area (Å²) < 4.78 is 1.80. The van der Waals surface area contributed by atoms with Gasteiger partial charge in [-0.1, -0.05) is 41.9 Å². The number of hydrogen-bond donors (Lipinski definition) is 1. The topological polar surface area (TPSA) is 43.8 Å². The lowest BCUT2D eigenvalue weighted by Gasteiger charge is -2.03. The fraction of sp³-hybridized carbons (Fsp3) is 0.0714. The molecule has 2 aromatic carbocycles. The minimum absolute atomic E-state index is 0.668. The summed E-state index contributed by atoms with van der Waals surface area (Å²) in [5.74, 6) is 0.675. The number of fused-ring (bicyclic) bond motifs is 1. The SMILES string of the molecule is [B]c1ccc2c(N)n(Cc3ccccc3)nc2c1. The van der Waals surface area contributed by atoms with E-state index in [1.54, 1.807) is 4.68 Å². The molecule has 0 aliphatic carbocycles. The first kappa shape index (κ1) is 10.9. The van der Waals surface area contributed by atoms with Gasteiger partial charge in [-0.2, -0.15) is 5.10 Å². The summed E-state index contributed by atoms with van der Waals surface area (Å²) in [7, 11) is 5.75. The Kier molecular flexibility index (Phi) is 2.56. The standard InChI is InChI=1S/C14H12BN3/c15-11-6-7-12-13(8-11)17-18(14(12)16)9-10-4-2-1-3-5-10/h1-8H,9,16H2. The highest BCUT2D eigenvalue weighted by Gasteiger charge is 2.08. The van der Waals surface area contributed by atoms with E-state index in [0.29, 0.717) is 17.8 Å². The predicted molar refractivity (Wildman–Crippen MR) is 75.1 cm³/mol. The number of benzene rings is 2. The van der Waals surface area contributed by atoms with Crippen LogP contribution < -0.4 is 11.2 Å². The Bertz CT molecular complexity index is 689. The lowest BCUT2D eigenvalue weighted by Crippen LogP contribution is -2.05. The molecule has 0 saturated heterocycles. The molecule has 3 aromatic rings. The van der Waals surface area contributed by atoms with E-state index >= 15 is 0 Å². The van der Waals surface area contributed by atoms with E-state index in [1.165, 1.54) is 5.56 Å². The Morgan fingerprint density at radius 2 is 1.89 bits per heavy atom. The third-order valence-corrected chi connectivity index (χ3v) is 2.98. The third-order valence-electron chi connectivity index (χ3n) is 2.98. The summed E-state index contributed by atoms with van der Waals surface area (Å²) in [5.41, 5.74) is 8.81. The van der Waals surface area contributed by atoms with Crippen LogP contribution in [-0.2, 0) is 6.54 Å². The first-order chi connectivity index (χ1) is 8.74. The molecule has 18 heavy (non-hydrogen) atoms. The van der Waals surface area contributed by atoms with Crippen molar-refractivity contribution in [3.05, 3.63) is 54.1 Å². The average Bonchev–Trinajstić information content (AvgIpc) is 2.67. The van der Waals surface area contributed by atoms with Gasteiger partial charge in [0.15, 0.2) is 0 Å². The van der Waals surface area contributed by atoms with Gasteiger partial charge in [0.2, 0.25) is 0 Å². The molecule has 0 aliphatic rings. The summed E-state index contributed by atoms with van der Waals surface area (Å²) >= 11 is 0. The van der Waals surface area contributed by atoms with Crippen LogP contribution in [0.4, 0.5) is 5.82 Å². The zero-order chi connectivity index (χ0) is 12.5. The maximum atomic E-state index is 6.10. The van der Waals surface area contributed by atoms with Crippen molar-refractivity contribution >= 4 is 30.0 Å². The highest BCUT2D eigenvalue weighted by Crippen LogP contribution is 2.20. The molecule has 0 aliphatic heterocycles. The van der Waals surface area contributed by atoms with Gasteiger partial charge in [-0.15, -0.1) is 0 Å². The van der Waals surface area contributed by atoms with Crippen molar-refractivity contribution in [1.82, 2.24) is 9.78 Å². The van der Waals surface area contributed by atoms with Crippen LogP contribution in [0.15, 0.2) is 48.5 Å². The summed E-state index contributed by atoms with van der Waals surface area (Å²) in [6.45, 7) is 0.668. The second kappa shape index (κ2) is 4.22. The van der Waals surface area contributed by atoms with Crippen LogP contribution in [0.3, 0.4) is 0 Å². The zero-order valence-corrected chi connectivity index (χ0v) is 9.88. The number of anilines is 1. The fourth-order valence-corrected chi connectivity index (χ4v) is 2.05. The zero-order valence-electron chi connectivity index (χ0n) is 9.88. The molecule has 2 radical (unpaired) electrons. The van der Waals surface area contributed by atoms with E-state index in [-0.39, 0.29) is 0 Å². The van der Waals surface area contributed by atoms with Gasteiger partial charge in [-0.05, 0) is 17.7 Å². The number of nitrogens with two attached hydrogens (primary N) is 1. The normalized spacial score (nSPS) is 10.9. The molecule has 0 bridgehead atoms. The monoisotopic (exact) mass is 233 g/mol. The lowest BCUT2D eigenvalue weighted by molar-refractivity contribution is 0.706. The molecule has 0 spiro atoms. The largest absolute Gasteiger partial charge is 0.383 e. The van der Waals surface area contributed by atoms with E-state index in [4.69, 9.17) is 13.6 Å². The van der Waals surface area contributed by atoms with Crippen molar-refractivity contribution in [3.63, 3.8) is 0 Å². The van der Waals surface area contributed by atoms with Gasteiger partial charge >= 0.3 is 0 Å². The molecular weight excluding hydrogens is 221 g/mol. The van der Waals surface area contributed by atoms with Crippen molar-refractivity contribution in [2.75, 3.05) is 5.73 Å². The maximum Gasteiger partial charge on any atom is 0.130 e. The summed E-state index contributed by atoms with van der Waals surface area (Å²) in [6.07, 6.45) is 0. The van der Waals surface area contributed by atoms with Crippen LogP contribution >= 0.6 is 0 Å². The summed E-state index contributed by atoms with van der Waals surface area (Å²) in [6, 6.07) is 15.7. The van der Waals surface area contributed by atoms with E-state index < -0.39 is 0 Å². The first-order valence-corrected chi connectivity index (χ1v) is 5.79. The van der Waals surface area contributed by atoms with Crippen LogP contribution in [0, 0.1) is 0 Å². The van der Waals surface area contributed by atoms with Crippen LogP contribution in [0.2, 0.25) is 0 Å². The van der Waals surface area contributed by atoms with E-state index in [2.05, 4.69) is 17.2 Å². The molecule has 1 heterocycles. The van der Waals surface area contributed by atoms with Crippen molar-refractivity contribution in [2.24, 2.45) is 0 Å². The van der Waals surface area contributed by atoms with Gasteiger partial charge in [0.05, 0.1) is 12.1 Å². The summed E-state index contributed by atoms with van der Waals surface area (Å²) in [4.78, 5) is 0. The number of hydrogen-bond acceptors (Lipinski definition) is 2. The van der Waals surface area contributed by atoms with Crippen LogP contribution in [0.1, 0.15) is 5.56 Å². The molecule has 0 unspecified atom stereocenters. The first-order valence-electron chi connectivity index (χ1n) is 5.79. The second-order valence-electron chi connectivity index (χ2n) is 4.31. The molecule has 3 nitrogen and oxygen atoms in total. The van der Waals surface area contributed by atoms with E-state index in [9.17, 15) is 0 Å². The highest BCUT2D eigenvalue weighted by molar-refractivity contribution is 6.33. The Hall–Kier alpha value is -2.23. The summed E-state index contributed by atoms with van der Waals surface area (Å²) in [5, 5.41) is 5.42. The Balaban J connectivity index is 2.05. The molecular formula is C14H12BN3. The predicted octanol–water partition coefficient (Wildman–Crippen LogP) is 1.46. The van der Waals surface area contributed by atoms with Crippen molar-refractivity contribution in [1.29, 1.82) is 0 Å². The third kappa shape index (κ3) is 1.86. The van der Waals surface area contributed by atoms with Gasteiger partial charge in [-0.25, -0.2) is 4.68 Å². The van der Waals surface area contributed by atoms with Crippen LogP contribution in [0.25, 0.3) is 10.9 Å². The fourth-order valence-electron chi connectivity index (χ4n) is 2.05. The smallest absolute Gasteiger partial charge is 0.130 e. The number of aromatic nitrogens is 2. The molecule has 0 fully saturated rings.